The Kier molecular flexibility index (Phi) is 6.99. The van der Waals surface area contributed by atoms with Crippen LogP contribution in [-0.4, -0.2) is 38.2 Å². The number of para-hydroxylation sites is 2. The Bertz CT molecular complexity index is 538. The molecule has 7 heteroatoms. The number of ether oxygens (including phenoxy) is 1. The normalized spacial score (nSPS) is 21.0. The summed E-state index contributed by atoms with van der Waals surface area (Å²) in [5.74, 6) is 1.39. The molecule has 3 N–H and O–H groups in total. The summed E-state index contributed by atoms with van der Waals surface area (Å²) in [5.41, 5.74) is 6.45. The Morgan fingerprint density at radius 1 is 1.39 bits per heavy atom. The third kappa shape index (κ3) is 4.43. The van der Waals surface area contributed by atoms with Crippen molar-refractivity contribution >= 4 is 36.4 Å². The van der Waals surface area contributed by atoms with Crippen molar-refractivity contribution in [3.05, 3.63) is 24.3 Å². The number of carbonyl (C=O) groups is 1. The predicted octanol–water partition coefficient (Wildman–Crippen LogP) is 1.97. The SMILES string of the molecule is COc1ccccc1N1CCC(CNC(=O)C2(N)CC2)C1.Cl.Cl. The zero-order valence-corrected chi connectivity index (χ0v) is 14.9. The van der Waals surface area contributed by atoms with E-state index in [1.54, 1.807) is 7.11 Å². The van der Waals surface area contributed by atoms with Gasteiger partial charge in [-0.15, -0.1) is 24.8 Å². The van der Waals surface area contributed by atoms with E-state index >= 15 is 0 Å². The molecule has 1 atom stereocenters. The lowest BCUT2D eigenvalue weighted by Gasteiger charge is -2.21. The van der Waals surface area contributed by atoms with Crippen LogP contribution >= 0.6 is 24.8 Å². The van der Waals surface area contributed by atoms with E-state index in [0.717, 1.165) is 43.8 Å². The van der Waals surface area contributed by atoms with Gasteiger partial charge in [0.05, 0.1) is 18.3 Å². The maximum absolute atomic E-state index is 11.9. The first-order valence-electron chi connectivity index (χ1n) is 7.57. The summed E-state index contributed by atoms with van der Waals surface area (Å²) < 4.78 is 5.42. The second kappa shape index (κ2) is 8.08. The second-order valence-electron chi connectivity index (χ2n) is 6.14. The van der Waals surface area contributed by atoms with Crippen molar-refractivity contribution in [3.63, 3.8) is 0 Å². The maximum atomic E-state index is 11.9. The molecule has 1 aliphatic carbocycles. The lowest BCUT2D eigenvalue weighted by molar-refractivity contribution is -0.123. The van der Waals surface area contributed by atoms with Crippen molar-refractivity contribution in [2.75, 3.05) is 31.6 Å². The highest BCUT2D eigenvalue weighted by Gasteiger charge is 2.45. The van der Waals surface area contributed by atoms with Crippen molar-refractivity contribution in [2.45, 2.75) is 24.8 Å². The van der Waals surface area contributed by atoms with Gasteiger partial charge in [-0.2, -0.15) is 0 Å². The van der Waals surface area contributed by atoms with E-state index in [1.165, 1.54) is 0 Å². The molecule has 0 aromatic heterocycles. The molecular weight excluding hydrogens is 337 g/mol. The summed E-state index contributed by atoms with van der Waals surface area (Å²) in [7, 11) is 1.70. The first-order valence-corrected chi connectivity index (χ1v) is 7.57. The number of rotatable bonds is 5. The van der Waals surface area contributed by atoms with Crippen LogP contribution in [0.3, 0.4) is 0 Å². The molecule has 23 heavy (non-hydrogen) atoms. The molecule has 1 aliphatic heterocycles. The molecule has 1 saturated heterocycles. The highest BCUT2D eigenvalue weighted by molar-refractivity contribution is 5.89. The van der Waals surface area contributed by atoms with Crippen LogP contribution in [0.2, 0.25) is 0 Å². The fourth-order valence-corrected chi connectivity index (χ4v) is 2.88. The molecule has 0 bridgehead atoms. The van der Waals surface area contributed by atoms with Gasteiger partial charge in [-0.1, -0.05) is 12.1 Å². The number of nitrogens with one attached hydrogen (secondary N) is 1. The van der Waals surface area contributed by atoms with Crippen LogP contribution in [-0.2, 0) is 4.79 Å². The zero-order valence-electron chi connectivity index (χ0n) is 13.3. The minimum atomic E-state index is -0.569. The van der Waals surface area contributed by atoms with Gasteiger partial charge >= 0.3 is 0 Å². The van der Waals surface area contributed by atoms with Gasteiger partial charge in [0, 0.05) is 19.6 Å². The van der Waals surface area contributed by atoms with Crippen molar-refractivity contribution in [3.8, 4) is 5.75 Å². The molecule has 130 valence electrons. The topological polar surface area (TPSA) is 67.6 Å². The lowest BCUT2D eigenvalue weighted by atomic mass is 10.1. The van der Waals surface area contributed by atoms with E-state index in [-0.39, 0.29) is 30.7 Å². The predicted molar refractivity (Wildman–Crippen MR) is 97.0 cm³/mol. The summed E-state index contributed by atoms with van der Waals surface area (Å²) in [6.45, 7) is 2.65. The number of nitrogens with zero attached hydrogens (tertiary/aromatic N) is 1. The second-order valence-corrected chi connectivity index (χ2v) is 6.14. The minimum absolute atomic E-state index is 0. The van der Waals surface area contributed by atoms with Gasteiger partial charge in [0.25, 0.3) is 0 Å². The van der Waals surface area contributed by atoms with E-state index in [1.807, 2.05) is 18.2 Å². The molecule has 1 amide bonds. The summed E-state index contributed by atoms with van der Waals surface area (Å²) in [5, 5.41) is 3.01. The molecule has 1 aromatic carbocycles. The van der Waals surface area contributed by atoms with Gasteiger partial charge in [-0.3, -0.25) is 4.79 Å². The molecule has 3 rings (SSSR count). The van der Waals surface area contributed by atoms with Crippen LogP contribution in [0.25, 0.3) is 0 Å². The molecule has 1 unspecified atom stereocenters. The van der Waals surface area contributed by atoms with Crippen LogP contribution in [0.15, 0.2) is 24.3 Å². The zero-order chi connectivity index (χ0) is 14.9. The number of methoxy groups -OCH3 is 1. The number of carbonyl (C=O) groups excluding carboxylic acids is 1. The number of benzene rings is 1. The third-order valence-electron chi connectivity index (χ3n) is 4.50. The van der Waals surface area contributed by atoms with Gasteiger partial charge in [0.2, 0.25) is 5.91 Å². The molecule has 2 fully saturated rings. The summed E-state index contributed by atoms with van der Waals surface area (Å²) in [6, 6.07) is 8.07. The van der Waals surface area contributed by atoms with Gasteiger partial charge < -0.3 is 20.7 Å². The van der Waals surface area contributed by atoms with Crippen LogP contribution in [0.5, 0.6) is 5.75 Å². The maximum Gasteiger partial charge on any atom is 0.240 e. The highest BCUT2D eigenvalue weighted by Crippen LogP contribution is 2.33. The lowest BCUT2D eigenvalue weighted by Crippen LogP contribution is -2.44. The van der Waals surface area contributed by atoms with Crippen molar-refractivity contribution in [1.82, 2.24) is 5.32 Å². The summed E-state index contributed by atoms with van der Waals surface area (Å²) in [4.78, 5) is 14.2. The first kappa shape index (κ1) is 19.9. The van der Waals surface area contributed by atoms with Crippen molar-refractivity contribution in [2.24, 2.45) is 11.7 Å². The van der Waals surface area contributed by atoms with Gasteiger partial charge in [-0.05, 0) is 37.3 Å². The largest absolute Gasteiger partial charge is 0.495 e. The smallest absolute Gasteiger partial charge is 0.240 e. The Morgan fingerprint density at radius 3 is 2.74 bits per heavy atom. The van der Waals surface area contributed by atoms with Gasteiger partial charge in [0.15, 0.2) is 0 Å². The van der Waals surface area contributed by atoms with E-state index in [0.29, 0.717) is 12.5 Å². The van der Waals surface area contributed by atoms with Crippen LogP contribution < -0.4 is 20.7 Å². The molecule has 0 spiro atoms. The van der Waals surface area contributed by atoms with Gasteiger partial charge in [0.1, 0.15) is 5.75 Å². The summed E-state index contributed by atoms with van der Waals surface area (Å²) in [6.07, 6.45) is 2.71. The molecule has 5 nitrogen and oxygen atoms in total. The van der Waals surface area contributed by atoms with Crippen LogP contribution in [0, 0.1) is 5.92 Å². The first-order chi connectivity index (χ1) is 10.1. The van der Waals surface area contributed by atoms with Crippen LogP contribution in [0.4, 0.5) is 5.69 Å². The third-order valence-corrected chi connectivity index (χ3v) is 4.50. The van der Waals surface area contributed by atoms with E-state index in [2.05, 4.69) is 16.3 Å². The number of halogens is 2. The van der Waals surface area contributed by atoms with Gasteiger partial charge in [-0.25, -0.2) is 0 Å². The Hall–Kier alpha value is -1.17. The highest BCUT2D eigenvalue weighted by atomic mass is 35.5. The van der Waals surface area contributed by atoms with Crippen molar-refractivity contribution < 1.29 is 9.53 Å². The van der Waals surface area contributed by atoms with E-state index < -0.39 is 5.54 Å². The standard InChI is InChI=1S/C16H23N3O2.2ClH/c1-21-14-5-3-2-4-13(14)19-9-6-12(11-19)10-18-15(20)16(17)7-8-16;;/h2-5,12H,6-11,17H2,1H3,(H,18,20);2*1H. The molecule has 0 radical (unpaired) electrons. The average Bonchev–Trinajstić information content (AvgIpc) is 3.10. The van der Waals surface area contributed by atoms with Crippen LogP contribution in [0.1, 0.15) is 19.3 Å². The number of hydrogen-bond acceptors (Lipinski definition) is 4. The monoisotopic (exact) mass is 361 g/mol. The quantitative estimate of drug-likeness (QED) is 0.841. The van der Waals surface area contributed by atoms with E-state index in [9.17, 15) is 4.79 Å². The Morgan fingerprint density at radius 2 is 2.09 bits per heavy atom. The molecule has 2 aliphatic rings. The average molecular weight is 362 g/mol. The van der Waals surface area contributed by atoms with E-state index in [4.69, 9.17) is 10.5 Å². The number of amides is 1. The fourth-order valence-electron chi connectivity index (χ4n) is 2.88. The number of nitrogens with two attached hydrogens (primary N) is 1. The molecule has 1 saturated carbocycles. The summed E-state index contributed by atoms with van der Waals surface area (Å²) >= 11 is 0. The molecular formula is C16H25Cl2N3O2. The van der Waals surface area contributed by atoms with Crippen molar-refractivity contribution in [1.29, 1.82) is 0 Å². The Labute approximate surface area is 149 Å². The minimum Gasteiger partial charge on any atom is -0.495 e. The fraction of sp³-hybridized carbons (Fsp3) is 0.562. The molecule has 1 aromatic rings. The number of anilines is 1. The Balaban J connectivity index is 0.00000132. The molecule has 1 heterocycles. The number of hydrogen-bond donors (Lipinski definition) is 2.